The molecule has 2 aromatic carbocycles. The highest BCUT2D eigenvalue weighted by atomic mass is 16.4. The molecule has 0 saturated heterocycles. The summed E-state index contributed by atoms with van der Waals surface area (Å²) in [7, 11) is 0. The second kappa shape index (κ2) is 6.15. The van der Waals surface area contributed by atoms with Gasteiger partial charge in [0, 0.05) is 22.7 Å². The molecule has 1 aromatic heterocycles. The van der Waals surface area contributed by atoms with Crippen LogP contribution in [0.5, 0.6) is 0 Å². The van der Waals surface area contributed by atoms with Crippen molar-refractivity contribution in [1.82, 2.24) is 4.98 Å². The molecule has 0 atom stereocenters. The number of amidine groups is 1. The zero-order valence-electron chi connectivity index (χ0n) is 12.1. The predicted octanol–water partition coefficient (Wildman–Crippen LogP) is 2.58. The number of fused-ring (bicyclic) bond motifs is 1. The van der Waals surface area contributed by atoms with Crippen molar-refractivity contribution in [1.29, 1.82) is 0 Å². The lowest BCUT2D eigenvalue weighted by atomic mass is 10.1. The van der Waals surface area contributed by atoms with Crippen molar-refractivity contribution >= 4 is 28.3 Å². The van der Waals surface area contributed by atoms with Gasteiger partial charge in [-0.25, -0.2) is 0 Å². The van der Waals surface area contributed by atoms with E-state index in [0.29, 0.717) is 16.8 Å². The minimum absolute atomic E-state index is 0.00443. The van der Waals surface area contributed by atoms with Gasteiger partial charge in [0.05, 0.1) is 11.2 Å². The van der Waals surface area contributed by atoms with Crippen molar-refractivity contribution in [2.24, 2.45) is 10.9 Å². The van der Waals surface area contributed by atoms with Crippen LogP contribution in [0.15, 0.2) is 65.9 Å². The van der Waals surface area contributed by atoms with E-state index in [1.807, 2.05) is 24.3 Å². The molecule has 4 N–H and O–H groups in total. The van der Waals surface area contributed by atoms with Crippen molar-refractivity contribution in [3.05, 3.63) is 71.9 Å². The van der Waals surface area contributed by atoms with Crippen LogP contribution in [-0.4, -0.2) is 21.9 Å². The lowest BCUT2D eigenvalue weighted by Gasteiger charge is -2.08. The van der Waals surface area contributed by atoms with Gasteiger partial charge in [0.1, 0.15) is 0 Å². The van der Waals surface area contributed by atoms with Crippen molar-refractivity contribution in [2.45, 2.75) is 0 Å². The van der Waals surface area contributed by atoms with Crippen LogP contribution in [0.4, 0.5) is 5.69 Å². The molecule has 0 spiro atoms. The fourth-order valence-electron chi connectivity index (χ4n) is 2.25. The maximum atomic E-state index is 12.4. The zero-order chi connectivity index (χ0) is 16.2. The summed E-state index contributed by atoms with van der Waals surface area (Å²) in [5.41, 5.74) is 7.88. The number of pyridine rings is 1. The molecule has 1 amide bonds. The van der Waals surface area contributed by atoms with Gasteiger partial charge in [-0.15, -0.1) is 0 Å². The molecular formula is C17H14N4O2. The van der Waals surface area contributed by atoms with Crippen molar-refractivity contribution < 1.29 is 10.0 Å². The smallest absolute Gasteiger partial charge is 0.255 e. The molecule has 114 valence electrons. The van der Waals surface area contributed by atoms with E-state index in [1.165, 1.54) is 0 Å². The first kappa shape index (κ1) is 14.5. The topological polar surface area (TPSA) is 101 Å². The van der Waals surface area contributed by atoms with Gasteiger partial charge < -0.3 is 16.3 Å². The van der Waals surface area contributed by atoms with Gasteiger partial charge in [0.15, 0.2) is 5.84 Å². The lowest BCUT2D eigenvalue weighted by Crippen LogP contribution is -2.15. The number of carbonyl (C=O) groups is 1. The molecule has 23 heavy (non-hydrogen) atoms. The molecule has 0 fully saturated rings. The van der Waals surface area contributed by atoms with Crippen LogP contribution in [0.3, 0.4) is 0 Å². The number of rotatable bonds is 3. The number of nitrogens with two attached hydrogens (primary N) is 1. The Kier molecular flexibility index (Phi) is 3.88. The number of benzene rings is 2. The van der Waals surface area contributed by atoms with E-state index >= 15 is 0 Å². The Balaban J connectivity index is 1.86. The third-order valence-corrected chi connectivity index (χ3v) is 3.43. The minimum atomic E-state index is -0.255. The Morgan fingerprint density at radius 3 is 2.48 bits per heavy atom. The summed E-state index contributed by atoms with van der Waals surface area (Å²) in [6, 6.07) is 15.8. The third-order valence-electron chi connectivity index (χ3n) is 3.43. The molecule has 0 radical (unpaired) electrons. The highest BCUT2D eigenvalue weighted by Crippen LogP contribution is 2.21. The second-order valence-electron chi connectivity index (χ2n) is 4.90. The third kappa shape index (κ3) is 2.96. The Hall–Kier alpha value is -3.41. The number of amides is 1. The Morgan fingerprint density at radius 1 is 1.04 bits per heavy atom. The van der Waals surface area contributed by atoms with Crippen LogP contribution >= 0.6 is 0 Å². The molecule has 6 nitrogen and oxygen atoms in total. The Labute approximate surface area is 132 Å². The molecule has 3 rings (SSSR count). The number of aromatic nitrogens is 1. The monoisotopic (exact) mass is 306 g/mol. The van der Waals surface area contributed by atoms with Gasteiger partial charge in [-0.05, 0) is 24.3 Å². The standard InChI is InChI=1S/C17H14N4O2/c18-16(21-23)12-6-8-13(9-7-12)17(22)20-14-5-1-3-11-4-2-10-19-15(11)14/h1-10,23H,(H2,18,21)(H,20,22). The van der Waals surface area contributed by atoms with Crippen molar-refractivity contribution in [3.8, 4) is 0 Å². The van der Waals surface area contributed by atoms with E-state index in [-0.39, 0.29) is 11.7 Å². The minimum Gasteiger partial charge on any atom is -0.409 e. The molecule has 0 saturated carbocycles. The number of nitrogens with zero attached hydrogens (tertiary/aromatic N) is 2. The maximum absolute atomic E-state index is 12.4. The molecule has 6 heteroatoms. The Morgan fingerprint density at radius 2 is 1.74 bits per heavy atom. The summed E-state index contributed by atoms with van der Waals surface area (Å²) in [5, 5.41) is 15.4. The summed E-state index contributed by atoms with van der Waals surface area (Å²) >= 11 is 0. The van der Waals surface area contributed by atoms with Gasteiger partial charge in [-0.2, -0.15) is 0 Å². The first-order chi connectivity index (χ1) is 11.2. The fourth-order valence-corrected chi connectivity index (χ4v) is 2.25. The number of carbonyl (C=O) groups excluding carboxylic acids is 1. The van der Waals surface area contributed by atoms with E-state index in [2.05, 4.69) is 15.5 Å². The largest absolute Gasteiger partial charge is 0.409 e. The average Bonchev–Trinajstić information content (AvgIpc) is 2.61. The average molecular weight is 306 g/mol. The van der Waals surface area contributed by atoms with Crippen LogP contribution in [0, 0.1) is 0 Å². The van der Waals surface area contributed by atoms with E-state index in [0.717, 1.165) is 10.9 Å². The summed E-state index contributed by atoms with van der Waals surface area (Å²) in [5.74, 6) is -0.260. The van der Waals surface area contributed by atoms with E-state index in [1.54, 1.807) is 36.5 Å². The molecule has 1 heterocycles. The van der Waals surface area contributed by atoms with Gasteiger partial charge in [0.2, 0.25) is 0 Å². The van der Waals surface area contributed by atoms with Crippen LogP contribution < -0.4 is 11.1 Å². The molecule has 0 aliphatic heterocycles. The molecule has 3 aromatic rings. The van der Waals surface area contributed by atoms with Gasteiger partial charge in [-0.1, -0.05) is 35.5 Å². The van der Waals surface area contributed by atoms with Crippen LogP contribution in [0.2, 0.25) is 0 Å². The van der Waals surface area contributed by atoms with Gasteiger partial charge in [0.25, 0.3) is 5.91 Å². The van der Waals surface area contributed by atoms with Crippen LogP contribution in [0.1, 0.15) is 15.9 Å². The highest BCUT2D eigenvalue weighted by Gasteiger charge is 2.09. The summed E-state index contributed by atoms with van der Waals surface area (Å²) in [6.07, 6.45) is 1.68. The van der Waals surface area contributed by atoms with E-state index < -0.39 is 0 Å². The number of para-hydroxylation sites is 1. The number of oxime groups is 1. The number of hydrogen-bond acceptors (Lipinski definition) is 4. The maximum Gasteiger partial charge on any atom is 0.255 e. The molecule has 0 unspecified atom stereocenters. The quantitative estimate of drug-likeness (QED) is 0.299. The second-order valence-corrected chi connectivity index (χ2v) is 4.90. The van der Waals surface area contributed by atoms with Gasteiger partial charge >= 0.3 is 0 Å². The lowest BCUT2D eigenvalue weighted by molar-refractivity contribution is 0.102. The summed E-state index contributed by atoms with van der Waals surface area (Å²) in [4.78, 5) is 16.7. The first-order valence-corrected chi connectivity index (χ1v) is 6.92. The molecular weight excluding hydrogens is 292 g/mol. The van der Waals surface area contributed by atoms with Gasteiger partial charge in [-0.3, -0.25) is 9.78 Å². The SMILES string of the molecule is NC(=NO)c1ccc(C(=O)Nc2cccc3cccnc23)cc1. The van der Waals surface area contributed by atoms with Crippen LogP contribution in [-0.2, 0) is 0 Å². The Bertz CT molecular complexity index is 883. The number of hydrogen-bond donors (Lipinski definition) is 3. The normalized spacial score (nSPS) is 11.4. The molecule has 0 aliphatic carbocycles. The van der Waals surface area contributed by atoms with Crippen molar-refractivity contribution in [3.63, 3.8) is 0 Å². The summed E-state index contributed by atoms with van der Waals surface area (Å²) < 4.78 is 0. The summed E-state index contributed by atoms with van der Waals surface area (Å²) in [6.45, 7) is 0. The molecule has 0 aliphatic rings. The highest BCUT2D eigenvalue weighted by molar-refractivity contribution is 6.08. The zero-order valence-corrected chi connectivity index (χ0v) is 12.1. The van der Waals surface area contributed by atoms with E-state index in [9.17, 15) is 4.79 Å². The fraction of sp³-hybridized carbons (Fsp3) is 0. The first-order valence-electron chi connectivity index (χ1n) is 6.92. The number of anilines is 1. The molecule has 0 bridgehead atoms. The van der Waals surface area contributed by atoms with Crippen molar-refractivity contribution in [2.75, 3.05) is 5.32 Å². The number of nitrogens with one attached hydrogen (secondary N) is 1. The van der Waals surface area contributed by atoms with E-state index in [4.69, 9.17) is 10.9 Å². The van der Waals surface area contributed by atoms with Crippen LogP contribution in [0.25, 0.3) is 10.9 Å². The predicted molar refractivity (Wildman–Crippen MR) is 88.6 cm³/mol.